The van der Waals surface area contributed by atoms with Gasteiger partial charge in [0.15, 0.2) is 9.84 Å². The predicted octanol–water partition coefficient (Wildman–Crippen LogP) is 3.00. The second-order valence-electron chi connectivity index (χ2n) is 6.85. The number of hydrogen-bond acceptors (Lipinski definition) is 4. The number of benzene rings is 1. The lowest BCUT2D eigenvalue weighted by atomic mass is 9.85. The van der Waals surface area contributed by atoms with Crippen molar-refractivity contribution in [3.8, 4) is 0 Å². The molecule has 1 saturated heterocycles. The van der Waals surface area contributed by atoms with Gasteiger partial charge in [-0.25, -0.2) is 8.42 Å². The normalized spacial score (nSPS) is 21.2. The highest BCUT2D eigenvalue weighted by Gasteiger charge is 2.33. The van der Waals surface area contributed by atoms with Gasteiger partial charge < -0.3 is 9.84 Å². The summed E-state index contributed by atoms with van der Waals surface area (Å²) in [6, 6.07) is 6.49. The zero-order chi connectivity index (χ0) is 17.2. The highest BCUT2D eigenvalue weighted by Crippen LogP contribution is 2.33. The van der Waals surface area contributed by atoms with E-state index >= 15 is 0 Å². The van der Waals surface area contributed by atoms with E-state index < -0.39 is 21.7 Å². The Morgan fingerprint density at radius 3 is 2.25 bits per heavy atom. The van der Waals surface area contributed by atoms with Gasteiger partial charge in [0.25, 0.3) is 0 Å². The lowest BCUT2D eigenvalue weighted by Crippen LogP contribution is -2.28. The summed E-state index contributed by atoms with van der Waals surface area (Å²) in [5.41, 5.74) is 0.682. The molecule has 3 rings (SSSR count). The van der Waals surface area contributed by atoms with Crippen LogP contribution in [0, 0.1) is 5.92 Å². The molecule has 1 aliphatic heterocycles. The van der Waals surface area contributed by atoms with Gasteiger partial charge in [-0.05, 0) is 55.7 Å². The predicted molar refractivity (Wildman–Crippen MR) is 89.8 cm³/mol. The first-order valence-electron chi connectivity index (χ1n) is 8.63. The summed E-state index contributed by atoms with van der Waals surface area (Å²) >= 11 is 0. The zero-order valence-electron chi connectivity index (χ0n) is 13.7. The Balaban J connectivity index is 1.75. The average molecular weight is 352 g/mol. The van der Waals surface area contributed by atoms with E-state index in [1.54, 1.807) is 24.3 Å². The quantitative estimate of drug-likeness (QED) is 0.851. The lowest BCUT2D eigenvalue weighted by molar-refractivity contribution is -0.139. The third-order valence-corrected chi connectivity index (χ3v) is 7.59. The fourth-order valence-electron chi connectivity index (χ4n) is 3.46. The maximum absolute atomic E-state index is 12.4. The highest BCUT2D eigenvalue weighted by atomic mass is 32.2. The molecular weight excluding hydrogens is 328 g/mol. The molecule has 0 bridgehead atoms. The Morgan fingerprint density at radius 2 is 1.75 bits per heavy atom. The molecular formula is C18H24O5S. The van der Waals surface area contributed by atoms with Crippen molar-refractivity contribution >= 4 is 15.8 Å². The van der Waals surface area contributed by atoms with Crippen LogP contribution in [0.25, 0.3) is 0 Å². The van der Waals surface area contributed by atoms with Crippen LogP contribution >= 0.6 is 0 Å². The van der Waals surface area contributed by atoms with Gasteiger partial charge >= 0.3 is 5.97 Å². The first-order chi connectivity index (χ1) is 11.5. The van der Waals surface area contributed by atoms with Crippen LogP contribution in [-0.2, 0) is 19.4 Å². The second-order valence-corrected chi connectivity index (χ2v) is 9.08. The van der Waals surface area contributed by atoms with Gasteiger partial charge in [0.2, 0.25) is 0 Å². The number of aliphatic carboxylic acids is 1. The Labute approximate surface area is 142 Å². The van der Waals surface area contributed by atoms with E-state index in [9.17, 15) is 18.3 Å². The molecule has 1 unspecified atom stereocenters. The first kappa shape index (κ1) is 17.4. The maximum Gasteiger partial charge on any atom is 0.310 e. The topological polar surface area (TPSA) is 80.7 Å². The summed E-state index contributed by atoms with van der Waals surface area (Å²) in [5.74, 6) is -1.09. The molecule has 0 amide bonds. The molecule has 0 radical (unpaired) electrons. The molecule has 0 aromatic heterocycles. The third-order valence-electron chi connectivity index (χ3n) is 5.31. The summed E-state index contributed by atoms with van der Waals surface area (Å²) in [5, 5.41) is 9.31. The largest absolute Gasteiger partial charge is 0.481 e. The first-order valence-corrected chi connectivity index (χ1v) is 10.2. The van der Waals surface area contributed by atoms with Crippen LogP contribution in [0.1, 0.15) is 50.0 Å². The van der Waals surface area contributed by atoms with E-state index in [4.69, 9.17) is 4.74 Å². The van der Waals surface area contributed by atoms with Gasteiger partial charge in [0.1, 0.15) is 0 Å². The minimum Gasteiger partial charge on any atom is -0.481 e. The SMILES string of the molecule is O=C(O)C(CC1CCOCC1)c1ccc(S(=O)(=O)C2CCC2)cc1. The minimum absolute atomic E-state index is 0.263. The second kappa shape index (κ2) is 7.23. The van der Waals surface area contributed by atoms with Crippen LogP contribution in [0.4, 0.5) is 0 Å². The molecule has 1 aromatic carbocycles. The molecule has 5 nitrogen and oxygen atoms in total. The number of hydrogen-bond donors (Lipinski definition) is 1. The van der Waals surface area contributed by atoms with Crippen molar-refractivity contribution < 1.29 is 23.1 Å². The minimum atomic E-state index is -3.26. The molecule has 2 fully saturated rings. The summed E-state index contributed by atoms with van der Waals surface area (Å²) < 4.78 is 30.2. The van der Waals surface area contributed by atoms with Crippen LogP contribution in [0.5, 0.6) is 0 Å². The molecule has 1 heterocycles. The van der Waals surface area contributed by atoms with Gasteiger partial charge in [0, 0.05) is 13.2 Å². The number of rotatable bonds is 6. The van der Waals surface area contributed by atoms with Crippen molar-refractivity contribution in [2.75, 3.05) is 13.2 Å². The summed E-state index contributed by atoms with van der Waals surface area (Å²) in [6.45, 7) is 1.38. The van der Waals surface area contributed by atoms with E-state index in [-0.39, 0.29) is 5.25 Å². The van der Waals surface area contributed by atoms with Crippen molar-refractivity contribution in [3.05, 3.63) is 29.8 Å². The number of ether oxygens (including phenoxy) is 1. The van der Waals surface area contributed by atoms with Gasteiger partial charge in [0.05, 0.1) is 16.1 Å². The van der Waals surface area contributed by atoms with Crippen LogP contribution in [0.15, 0.2) is 29.2 Å². The van der Waals surface area contributed by atoms with Crippen molar-refractivity contribution in [2.24, 2.45) is 5.92 Å². The van der Waals surface area contributed by atoms with Gasteiger partial charge in [-0.15, -0.1) is 0 Å². The molecule has 132 valence electrons. The summed E-state index contributed by atoms with van der Waals surface area (Å²) in [6.07, 6.45) is 4.77. The monoisotopic (exact) mass is 352 g/mol. The van der Waals surface area contributed by atoms with Crippen molar-refractivity contribution in [2.45, 2.75) is 54.6 Å². The van der Waals surface area contributed by atoms with Crippen LogP contribution in [0.2, 0.25) is 0 Å². The zero-order valence-corrected chi connectivity index (χ0v) is 14.5. The van der Waals surface area contributed by atoms with E-state index in [0.29, 0.717) is 36.0 Å². The number of sulfone groups is 1. The van der Waals surface area contributed by atoms with E-state index in [2.05, 4.69) is 0 Å². The Bertz CT molecular complexity index is 670. The van der Waals surface area contributed by atoms with E-state index in [0.717, 1.165) is 32.1 Å². The Hall–Kier alpha value is -1.40. The fraction of sp³-hybridized carbons (Fsp3) is 0.611. The lowest BCUT2D eigenvalue weighted by Gasteiger charge is -2.26. The average Bonchev–Trinajstić information content (AvgIpc) is 2.51. The molecule has 24 heavy (non-hydrogen) atoms. The fourth-order valence-corrected chi connectivity index (χ4v) is 5.31. The summed E-state index contributed by atoms with van der Waals surface area (Å²) in [4.78, 5) is 12.0. The molecule has 6 heteroatoms. The Morgan fingerprint density at radius 1 is 1.12 bits per heavy atom. The smallest absolute Gasteiger partial charge is 0.310 e. The van der Waals surface area contributed by atoms with E-state index in [1.165, 1.54) is 0 Å². The van der Waals surface area contributed by atoms with Crippen LogP contribution < -0.4 is 0 Å². The molecule has 1 N–H and O–H groups in total. The van der Waals surface area contributed by atoms with Gasteiger partial charge in [-0.1, -0.05) is 18.6 Å². The number of carbonyl (C=O) groups is 1. The molecule has 1 aromatic rings. The van der Waals surface area contributed by atoms with Gasteiger partial charge in [-0.2, -0.15) is 0 Å². The van der Waals surface area contributed by atoms with Gasteiger partial charge in [-0.3, -0.25) is 4.79 Å². The van der Waals surface area contributed by atoms with Crippen molar-refractivity contribution in [1.82, 2.24) is 0 Å². The third kappa shape index (κ3) is 3.64. The van der Waals surface area contributed by atoms with Crippen LogP contribution in [0.3, 0.4) is 0 Å². The Kier molecular flexibility index (Phi) is 5.25. The van der Waals surface area contributed by atoms with Crippen LogP contribution in [-0.4, -0.2) is 38.0 Å². The summed E-state index contributed by atoms with van der Waals surface area (Å²) in [7, 11) is -3.26. The standard InChI is InChI=1S/C18H24O5S/c19-18(20)17(12-13-8-10-23-11-9-13)14-4-6-16(7-5-14)24(21,22)15-2-1-3-15/h4-7,13,15,17H,1-3,8-12H2,(H,19,20). The van der Waals surface area contributed by atoms with Crippen molar-refractivity contribution in [3.63, 3.8) is 0 Å². The molecule has 0 spiro atoms. The molecule has 1 saturated carbocycles. The molecule has 2 aliphatic rings. The number of carboxylic acid groups (broad SMARTS) is 1. The van der Waals surface area contributed by atoms with E-state index in [1.807, 2.05) is 0 Å². The number of carboxylic acids is 1. The molecule has 1 atom stereocenters. The molecule has 1 aliphatic carbocycles. The van der Waals surface area contributed by atoms with Crippen molar-refractivity contribution in [1.29, 1.82) is 0 Å². The highest BCUT2D eigenvalue weighted by molar-refractivity contribution is 7.92. The maximum atomic E-state index is 12.4.